The Kier molecular flexibility index (Phi) is 7.77. The van der Waals surface area contributed by atoms with Crippen molar-refractivity contribution in [1.29, 1.82) is 0 Å². The van der Waals surface area contributed by atoms with E-state index >= 15 is 0 Å². The van der Waals surface area contributed by atoms with Crippen molar-refractivity contribution in [3.8, 4) is 5.75 Å². The summed E-state index contributed by atoms with van der Waals surface area (Å²) in [6, 6.07) is 15.1. The Morgan fingerprint density at radius 3 is 2.49 bits per heavy atom. The monoisotopic (exact) mass is 497 g/mol. The number of benzene rings is 2. The molecule has 0 aliphatic carbocycles. The molecule has 2 heterocycles. The van der Waals surface area contributed by atoms with Crippen LogP contribution >= 0.6 is 0 Å². The van der Waals surface area contributed by atoms with Gasteiger partial charge in [-0.25, -0.2) is 8.42 Å². The number of likely N-dealkylation sites (tertiary alicyclic amines) is 1. The normalized spacial score (nSPS) is 15.4. The molecule has 0 bridgehead atoms. The van der Waals surface area contributed by atoms with Gasteiger partial charge in [-0.3, -0.25) is 14.4 Å². The van der Waals surface area contributed by atoms with Crippen LogP contribution in [0.1, 0.15) is 47.0 Å². The number of furan rings is 1. The first kappa shape index (κ1) is 24.8. The summed E-state index contributed by atoms with van der Waals surface area (Å²) in [5.41, 5.74) is 1.67. The van der Waals surface area contributed by atoms with Crippen molar-refractivity contribution in [2.45, 2.75) is 37.1 Å². The minimum Gasteiger partial charge on any atom is -0.495 e. The summed E-state index contributed by atoms with van der Waals surface area (Å²) in [7, 11) is -2.59. The Hall–Kier alpha value is -3.30. The van der Waals surface area contributed by atoms with Crippen LogP contribution in [0.25, 0.3) is 0 Å². The molecule has 35 heavy (non-hydrogen) atoms. The summed E-state index contributed by atoms with van der Waals surface area (Å²) in [6.45, 7) is 4.15. The third-order valence-electron chi connectivity index (χ3n) is 6.18. The highest BCUT2D eigenvalue weighted by atomic mass is 32.2. The molecule has 3 aromatic rings. The van der Waals surface area contributed by atoms with Crippen molar-refractivity contribution in [1.82, 2.24) is 10.2 Å². The number of piperidine rings is 1. The molecular weight excluding hydrogens is 466 g/mol. The molecule has 186 valence electrons. The molecule has 1 atom stereocenters. The summed E-state index contributed by atoms with van der Waals surface area (Å²) in [6.07, 6.45) is 5.06. The van der Waals surface area contributed by atoms with Crippen LogP contribution in [0, 0.1) is 6.92 Å². The Morgan fingerprint density at radius 2 is 1.83 bits per heavy atom. The molecule has 8 nitrogen and oxygen atoms in total. The van der Waals surface area contributed by atoms with E-state index in [1.807, 2.05) is 31.2 Å². The molecule has 2 aromatic carbocycles. The van der Waals surface area contributed by atoms with E-state index in [4.69, 9.17) is 9.15 Å². The minimum absolute atomic E-state index is 0.0843. The van der Waals surface area contributed by atoms with Crippen LogP contribution in [0.2, 0.25) is 0 Å². The van der Waals surface area contributed by atoms with Crippen LogP contribution in [0.4, 0.5) is 5.69 Å². The first-order valence-electron chi connectivity index (χ1n) is 11.7. The number of hydrogen-bond acceptors (Lipinski definition) is 6. The van der Waals surface area contributed by atoms with Crippen LogP contribution in [0.15, 0.2) is 70.2 Å². The molecular formula is C26H31N3O5S. The number of nitrogens with zero attached hydrogens (tertiary/aromatic N) is 1. The molecule has 0 saturated carbocycles. The number of carbonyl (C=O) groups is 1. The van der Waals surface area contributed by atoms with E-state index in [0.717, 1.165) is 37.3 Å². The topological polar surface area (TPSA) is 101 Å². The molecule has 1 aromatic heterocycles. The van der Waals surface area contributed by atoms with Gasteiger partial charge in [0.05, 0.1) is 19.4 Å². The van der Waals surface area contributed by atoms with Gasteiger partial charge in [0.15, 0.2) is 0 Å². The quantitative estimate of drug-likeness (QED) is 0.456. The average Bonchev–Trinajstić information content (AvgIpc) is 3.40. The number of aryl methyl sites for hydroxylation is 1. The summed E-state index contributed by atoms with van der Waals surface area (Å²) >= 11 is 0. The average molecular weight is 498 g/mol. The lowest BCUT2D eigenvalue weighted by Gasteiger charge is -2.33. The van der Waals surface area contributed by atoms with Gasteiger partial charge in [-0.05, 0) is 75.3 Å². The fourth-order valence-electron chi connectivity index (χ4n) is 4.27. The molecule has 2 N–H and O–H groups in total. The first-order chi connectivity index (χ1) is 16.9. The zero-order chi connectivity index (χ0) is 24.8. The molecule has 9 heteroatoms. The lowest BCUT2D eigenvalue weighted by molar-refractivity contribution is 0.0914. The number of carbonyl (C=O) groups excluding carboxylic acids is 1. The van der Waals surface area contributed by atoms with Gasteiger partial charge in [0, 0.05) is 17.8 Å². The SMILES string of the molecule is COc1ccc(C(=O)NC[C@H](c2ccco2)N2CCCCC2)cc1S(=O)(=O)Nc1ccc(C)cc1. The van der Waals surface area contributed by atoms with E-state index in [0.29, 0.717) is 12.2 Å². The Labute approximate surface area is 206 Å². The van der Waals surface area contributed by atoms with Crippen molar-refractivity contribution < 1.29 is 22.4 Å². The third-order valence-corrected chi connectivity index (χ3v) is 7.58. The number of ether oxygens (including phenoxy) is 1. The summed E-state index contributed by atoms with van der Waals surface area (Å²) in [4.78, 5) is 15.3. The van der Waals surface area contributed by atoms with Gasteiger partial charge in [0.1, 0.15) is 16.4 Å². The number of anilines is 1. The Bertz CT molecular complexity index is 1230. The number of sulfonamides is 1. The van der Waals surface area contributed by atoms with Gasteiger partial charge in [0.25, 0.3) is 15.9 Å². The predicted molar refractivity (Wildman–Crippen MR) is 134 cm³/mol. The van der Waals surface area contributed by atoms with Crippen molar-refractivity contribution in [2.75, 3.05) is 31.5 Å². The van der Waals surface area contributed by atoms with E-state index < -0.39 is 10.0 Å². The van der Waals surface area contributed by atoms with E-state index in [-0.39, 0.29) is 28.2 Å². The summed E-state index contributed by atoms with van der Waals surface area (Å²) in [5.74, 6) is 0.587. The highest BCUT2D eigenvalue weighted by Crippen LogP contribution is 2.28. The number of rotatable bonds is 9. The highest BCUT2D eigenvalue weighted by Gasteiger charge is 2.26. The van der Waals surface area contributed by atoms with Gasteiger partial charge in [-0.15, -0.1) is 0 Å². The van der Waals surface area contributed by atoms with Crippen LogP contribution < -0.4 is 14.8 Å². The van der Waals surface area contributed by atoms with Gasteiger partial charge >= 0.3 is 0 Å². The van der Waals surface area contributed by atoms with Crippen molar-refractivity contribution >= 4 is 21.6 Å². The Morgan fingerprint density at radius 1 is 1.09 bits per heavy atom. The molecule has 0 spiro atoms. The molecule has 1 amide bonds. The third kappa shape index (κ3) is 6.04. The molecule has 0 radical (unpaired) electrons. The van der Waals surface area contributed by atoms with Crippen LogP contribution in [-0.4, -0.2) is 46.0 Å². The minimum atomic E-state index is -3.99. The van der Waals surface area contributed by atoms with E-state index in [1.54, 1.807) is 24.5 Å². The van der Waals surface area contributed by atoms with Crippen molar-refractivity contribution in [3.63, 3.8) is 0 Å². The second kappa shape index (κ2) is 11.0. The van der Waals surface area contributed by atoms with Crippen molar-refractivity contribution in [3.05, 3.63) is 77.7 Å². The van der Waals surface area contributed by atoms with Crippen molar-refractivity contribution in [2.24, 2.45) is 0 Å². The summed E-state index contributed by atoms with van der Waals surface area (Å²) < 4.78 is 39.7. The van der Waals surface area contributed by atoms with E-state index in [2.05, 4.69) is 14.9 Å². The molecule has 0 unspecified atom stereocenters. The second-order valence-corrected chi connectivity index (χ2v) is 10.3. The number of hydrogen-bond donors (Lipinski definition) is 2. The lowest BCUT2D eigenvalue weighted by Crippen LogP contribution is -2.40. The van der Waals surface area contributed by atoms with Gasteiger partial charge < -0.3 is 14.5 Å². The fraction of sp³-hybridized carbons (Fsp3) is 0.346. The lowest BCUT2D eigenvalue weighted by atomic mass is 10.1. The molecule has 1 saturated heterocycles. The maximum Gasteiger partial charge on any atom is 0.265 e. The van der Waals surface area contributed by atoms with Gasteiger partial charge in [-0.1, -0.05) is 24.1 Å². The molecule has 4 rings (SSSR count). The number of nitrogens with one attached hydrogen (secondary N) is 2. The fourth-order valence-corrected chi connectivity index (χ4v) is 5.53. The number of amides is 1. The largest absolute Gasteiger partial charge is 0.495 e. The van der Waals surface area contributed by atoms with Gasteiger partial charge in [0.2, 0.25) is 0 Å². The Balaban J connectivity index is 1.52. The summed E-state index contributed by atoms with van der Waals surface area (Å²) in [5, 5.41) is 2.96. The van der Waals surface area contributed by atoms with Crippen LogP contribution in [0.5, 0.6) is 5.75 Å². The zero-order valence-corrected chi connectivity index (χ0v) is 20.8. The molecule has 1 fully saturated rings. The van der Waals surface area contributed by atoms with Gasteiger partial charge in [-0.2, -0.15) is 0 Å². The molecule has 1 aliphatic heterocycles. The standard InChI is InChI=1S/C26H31N3O5S/c1-19-8-11-21(12-9-19)28-35(31,32)25-17-20(10-13-24(25)33-2)26(30)27-18-22(23-7-6-16-34-23)29-14-4-3-5-15-29/h6-13,16-17,22,28H,3-5,14-15,18H2,1-2H3,(H,27,30)/t22-/m1/s1. The van der Waals surface area contributed by atoms with E-state index in [9.17, 15) is 13.2 Å². The zero-order valence-electron chi connectivity index (χ0n) is 20.0. The van der Waals surface area contributed by atoms with E-state index in [1.165, 1.54) is 25.7 Å². The highest BCUT2D eigenvalue weighted by molar-refractivity contribution is 7.92. The van der Waals surface area contributed by atoms with Crippen LogP contribution in [0.3, 0.4) is 0 Å². The molecule has 1 aliphatic rings. The number of methoxy groups -OCH3 is 1. The maximum atomic E-state index is 13.1. The second-order valence-electron chi connectivity index (χ2n) is 8.68. The smallest absolute Gasteiger partial charge is 0.265 e. The van der Waals surface area contributed by atoms with Crippen LogP contribution in [-0.2, 0) is 10.0 Å². The maximum absolute atomic E-state index is 13.1. The predicted octanol–water partition coefficient (Wildman–Crippen LogP) is 4.35. The first-order valence-corrected chi connectivity index (χ1v) is 13.2.